The van der Waals surface area contributed by atoms with Gasteiger partial charge in [-0.1, -0.05) is 0 Å². The first-order chi connectivity index (χ1) is 5.66. The number of aliphatic hydroxyl groups excluding tert-OH is 1. The summed E-state index contributed by atoms with van der Waals surface area (Å²) in [6, 6.07) is 0. The Morgan fingerprint density at radius 1 is 1.92 bits per heavy atom. The molecule has 12 heavy (non-hydrogen) atoms. The number of rotatable bonds is 1. The van der Waals surface area contributed by atoms with Crippen LogP contribution in [0.15, 0.2) is 11.6 Å². The Balaban J connectivity index is 0.000000202. The molecule has 0 spiro atoms. The van der Waals surface area contributed by atoms with Crippen LogP contribution in [-0.2, 0) is 4.79 Å². The number of carbonyl (C=O) groups excluding carboxylic acids is 1. The molecule has 0 aliphatic heterocycles. The minimum atomic E-state index is -0.269. The molecule has 68 valence electrons. The number of hydrogen-bond donors (Lipinski definition) is 3. The molecule has 6 heteroatoms. The lowest BCUT2D eigenvalue weighted by atomic mass is 10.7. The molecule has 1 aromatic heterocycles. The molecule has 0 aliphatic rings. The number of nitrogen functional groups attached to an aromatic ring is 1. The van der Waals surface area contributed by atoms with Crippen molar-refractivity contribution < 1.29 is 9.90 Å². The van der Waals surface area contributed by atoms with Crippen molar-refractivity contribution in [1.29, 1.82) is 0 Å². The monoisotopic (exact) mass is 189 g/mol. The second kappa shape index (κ2) is 6.56. The first-order valence-corrected chi connectivity index (χ1v) is 4.05. The van der Waals surface area contributed by atoms with E-state index >= 15 is 0 Å². The first kappa shape index (κ1) is 10.9. The third-order valence-corrected chi connectivity index (χ3v) is 1.38. The SMILES string of the molecule is CC(=O)NCO.Nc1nccs1. The Morgan fingerprint density at radius 2 is 2.58 bits per heavy atom. The fourth-order valence-electron chi connectivity index (χ4n) is 0.346. The van der Waals surface area contributed by atoms with E-state index in [1.165, 1.54) is 18.3 Å². The lowest BCUT2D eigenvalue weighted by Crippen LogP contribution is -2.19. The molecule has 0 bridgehead atoms. The number of carbonyl (C=O) groups is 1. The molecule has 1 heterocycles. The first-order valence-electron chi connectivity index (χ1n) is 3.17. The minimum Gasteiger partial charge on any atom is -0.377 e. The normalized spacial score (nSPS) is 8.17. The molecule has 0 atom stereocenters. The van der Waals surface area contributed by atoms with Crippen molar-refractivity contribution in [3.05, 3.63) is 11.6 Å². The van der Waals surface area contributed by atoms with Crippen molar-refractivity contribution in [2.24, 2.45) is 0 Å². The fraction of sp³-hybridized carbons (Fsp3) is 0.333. The van der Waals surface area contributed by atoms with Gasteiger partial charge in [-0.2, -0.15) is 0 Å². The van der Waals surface area contributed by atoms with Gasteiger partial charge in [0.2, 0.25) is 5.91 Å². The summed E-state index contributed by atoms with van der Waals surface area (Å²) in [7, 11) is 0. The Morgan fingerprint density at radius 3 is 2.67 bits per heavy atom. The number of aliphatic hydroxyl groups is 1. The topological polar surface area (TPSA) is 88.2 Å². The van der Waals surface area contributed by atoms with Crippen LogP contribution in [0.4, 0.5) is 5.13 Å². The van der Waals surface area contributed by atoms with Crippen molar-refractivity contribution in [3.63, 3.8) is 0 Å². The predicted octanol–water partition coefficient (Wildman–Crippen LogP) is -0.202. The third kappa shape index (κ3) is 6.97. The molecule has 5 nitrogen and oxygen atoms in total. The van der Waals surface area contributed by atoms with E-state index in [-0.39, 0.29) is 12.6 Å². The maximum atomic E-state index is 9.77. The van der Waals surface area contributed by atoms with Crippen molar-refractivity contribution >= 4 is 22.4 Å². The predicted molar refractivity (Wildman–Crippen MR) is 47.4 cm³/mol. The maximum absolute atomic E-state index is 9.77. The average Bonchev–Trinajstić information content (AvgIpc) is 2.40. The molecule has 4 N–H and O–H groups in total. The number of anilines is 1. The summed E-state index contributed by atoms with van der Waals surface area (Å²) in [6.07, 6.45) is 1.68. The molecular formula is C6H11N3O2S. The summed E-state index contributed by atoms with van der Waals surface area (Å²) in [5.74, 6) is -0.211. The van der Waals surface area contributed by atoms with E-state index in [0.29, 0.717) is 5.13 Å². The average molecular weight is 189 g/mol. The van der Waals surface area contributed by atoms with Gasteiger partial charge < -0.3 is 16.2 Å². The number of aromatic nitrogens is 1. The molecule has 0 saturated carbocycles. The van der Waals surface area contributed by atoms with Gasteiger partial charge >= 0.3 is 0 Å². The molecule has 0 fully saturated rings. The zero-order valence-electron chi connectivity index (χ0n) is 6.65. The standard InChI is InChI=1S/C3H4N2S.C3H7NO2/c4-3-5-1-2-6-3;1-3(6)4-2-5/h1-2H,(H2,4,5);5H,2H2,1H3,(H,4,6). The summed E-state index contributed by atoms with van der Waals surface area (Å²) in [6.45, 7) is 1.07. The van der Waals surface area contributed by atoms with E-state index in [0.717, 1.165) is 0 Å². The third-order valence-electron chi connectivity index (χ3n) is 0.779. The van der Waals surface area contributed by atoms with Gasteiger partial charge in [0.1, 0.15) is 6.73 Å². The van der Waals surface area contributed by atoms with E-state index in [1.54, 1.807) is 6.20 Å². The Hall–Kier alpha value is -1.14. The summed E-state index contributed by atoms with van der Waals surface area (Å²) < 4.78 is 0. The highest BCUT2D eigenvalue weighted by Gasteiger charge is 1.79. The largest absolute Gasteiger partial charge is 0.377 e. The van der Waals surface area contributed by atoms with Gasteiger partial charge in [0.05, 0.1) is 0 Å². The van der Waals surface area contributed by atoms with Crippen LogP contribution in [-0.4, -0.2) is 22.7 Å². The van der Waals surface area contributed by atoms with Gasteiger partial charge in [-0.25, -0.2) is 4.98 Å². The molecule has 0 aromatic carbocycles. The van der Waals surface area contributed by atoms with Crippen molar-refractivity contribution in [1.82, 2.24) is 10.3 Å². The molecule has 0 aliphatic carbocycles. The number of nitrogens with zero attached hydrogens (tertiary/aromatic N) is 1. The molecular weight excluding hydrogens is 178 g/mol. The number of nitrogens with one attached hydrogen (secondary N) is 1. The van der Waals surface area contributed by atoms with Crippen molar-refractivity contribution in [3.8, 4) is 0 Å². The highest BCUT2D eigenvalue weighted by molar-refractivity contribution is 7.13. The Labute approximate surface area is 74.2 Å². The zero-order valence-corrected chi connectivity index (χ0v) is 7.47. The lowest BCUT2D eigenvalue weighted by molar-refractivity contribution is -0.120. The van der Waals surface area contributed by atoms with Gasteiger partial charge in [-0.05, 0) is 0 Å². The molecule has 1 rings (SSSR count). The smallest absolute Gasteiger partial charge is 0.218 e. The van der Waals surface area contributed by atoms with E-state index < -0.39 is 0 Å². The number of amides is 1. The van der Waals surface area contributed by atoms with Crippen molar-refractivity contribution in [2.75, 3.05) is 12.5 Å². The van der Waals surface area contributed by atoms with E-state index in [9.17, 15) is 4.79 Å². The fourth-order valence-corrected chi connectivity index (χ4v) is 0.729. The Kier molecular flexibility index (Phi) is 5.94. The second-order valence-corrected chi connectivity index (χ2v) is 2.69. The molecule has 0 saturated heterocycles. The van der Waals surface area contributed by atoms with E-state index in [4.69, 9.17) is 10.8 Å². The van der Waals surface area contributed by atoms with Gasteiger partial charge in [-0.15, -0.1) is 11.3 Å². The van der Waals surface area contributed by atoms with E-state index in [2.05, 4.69) is 10.3 Å². The Bertz CT molecular complexity index is 213. The van der Waals surface area contributed by atoms with E-state index in [1.807, 2.05) is 5.38 Å². The van der Waals surface area contributed by atoms with Gasteiger partial charge in [0.15, 0.2) is 5.13 Å². The summed E-state index contributed by atoms with van der Waals surface area (Å²) in [4.78, 5) is 13.5. The van der Waals surface area contributed by atoms with Crippen LogP contribution in [0, 0.1) is 0 Å². The molecule has 1 amide bonds. The maximum Gasteiger partial charge on any atom is 0.218 e. The molecule has 0 unspecified atom stereocenters. The van der Waals surface area contributed by atoms with Crippen molar-refractivity contribution in [2.45, 2.75) is 6.92 Å². The van der Waals surface area contributed by atoms with Crippen LogP contribution < -0.4 is 11.1 Å². The highest BCUT2D eigenvalue weighted by atomic mass is 32.1. The van der Waals surface area contributed by atoms with Crippen LogP contribution >= 0.6 is 11.3 Å². The zero-order chi connectivity index (χ0) is 9.40. The number of thiazole rings is 1. The highest BCUT2D eigenvalue weighted by Crippen LogP contribution is 2.02. The van der Waals surface area contributed by atoms with Gasteiger partial charge in [-0.3, -0.25) is 4.79 Å². The summed E-state index contributed by atoms with van der Waals surface area (Å²) in [5.41, 5.74) is 5.19. The lowest BCUT2D eigenvalue weighted by Gasteiger charge is -1.88. The van der Waals surface area contributed by atoms with Gasteiger partial charge in [0, 0.05) is 18.5 Å². The second-order valence-electron chi connectivity index (χ2n) is 1.76. The number of nitrogens with two attached hydrogens (primary N) is 1. The number of hydrogen-bond acceptors (Lipinski definition) is 5. The summed E-state index contributed by atoms with van der Waals surface area (Å²) in [5, 5.41) is 12.5. The van der Waals surface area contributed by atoms with Gasteiger partial charge in [0.25, 0.3) is 0 Å². The molecule has 1 aromatic rings. The summed E-state index contributed by atoms with van der Waals surface area (Å²) >= 11 is 1.44. The minimum absolute atomic E-state index is 0.211. The van der Waals surface area contributed by atoms with Crippen LogP contribution in [0.25, 0.3) is 0 Å². The molecule has 0 radical (unpaired) electrons. The van der Waals surface area contributed by atoms with Crippen LogP contribution in [0.3, 0.4) is 0 Å². The van der Waals surface area contributed by atoms with Crippen LogP contribution in [0.2, 0.25) is 0 Å². The van der Waals surface area contributed by atoms with Crippen LogP contribution in [0.1, 0.15) is 6.92 Å². The quantitative estimate of drug-likeness (QED) is 0.534. The van der Waals surface area contributed by atoms with Crippen LogP contribution in [0.5, 0.6) is 0 Å².